The van der Waals surface area contributed by atoms with Crippen molar-refractivity contribution in [2.45, 2.75) is 39.7 Å². The number of thiazole rings is 1. The summed E-state index contributed by atoms with van der Waals surface area (Å²) in [5, 5.41) is 4.37. The number of rotatable bonds is 9. The van der Waals surface area contributed by atoms with Crippen molar-refractivity contribution in [1.82, 2.24) is 10.3 Å². The lowest BCUT2D eigenvalue weighted by molar-refractivity contribution is 0.205. The van der Waals surface area contributed by atoms with Gasteiger partial charge in [0.25, 0.3) is 0 Å². The van der Waals surface area contributed by atoms with E-state index in [4.69, 9.17) is 9.72 Å². The molecule has 0 aliphatic carbocycles. The van der Waals surface area contributed by atoms with Gasteiger partial charge in [-0.05, 0) is 26.3 Å². The summed E-state index contributed by atoms with van der Waals surface area (Å²) < 4.78 is 5.17. The summed E-state index contributed by atoms with van der Waals surface area (Å²) in [5.41, 5.74) is 1.26. The first kappa shape index (κ1) is 16.4. The van der Waals surface area contributed by atoms with Gasteiger partial charge in [0, 0.05) is 31.6 Å². The first-order chi connectivity index (χ1) is 9.17. The van der Waals surface area contributed by atoms with Crippen LogP contribution in [0.2, 0.25) is 0 Å². The number of likely N-dealkylation sites (N-methyl/N-ethyl adjacent to an activating group) is 1. The van der Waals surface area contributed by atoms with Gasteiger partial charge in [-0.15, -0.1) is 11.3 Å². The summed E-state index contributed by atoms with van der Waals surface area (Å²) >= 11 is 1.81. The van der Waals surface area contributed by atoms with Crippen LogP contribution in [-0.4, -0.2) is 38.8 Å². The lowest BCUT2D eigenvalue weighted by Crippen LogP contribution is -2.26. The van der Waals surface area contributed by atoms with Gasteiger partial charge in [-0.3, -0.25) is 0 Å². The summed E-state index contributed by atoms with van der Waals surface area (Å²) in [7, 11) is 3.73. The van der Waals surface area contributed by atoms with Crippen LogP contribution in [-0.2, 0) is 11.3 Å². The molecule has 0 amide bonds. The zero-order valence-electron chi connectivity index (χ0n) is 12.8. The Labute approximate surface area is 121 Å². The first-order valence-electron chi connectivity index (χ1n) is 7.05. The van der Waals surface area contributed by atoms with Crippen molar-refractivity contribution in [2.75, 3.05) is 38.8 Å². The number of hydrogen-bond acceptors (Lipinski definition) is 5. The van der Waals surface area contributed by atoms with E-state index in [1.165, 1.54) is 10.6 Å². The highest BCUT2D eigenvalue weighted by Gasteiger charge is 2.18. The number of hydrogen-bond donors (Lipinski definition) is 1. The smallest absolute Gasteiger partial charge is 0.185 e. The molecule has 1 rings (SSSR count). The molecular formula is C14H27N3OS. The number of nitrogens with one attached hydrogen (secondary N) is 1. The molecule has 1 atom stereocenters. The molecule has 4 nitrogen and oxygen atoms in total. The highest BCUT2D eigenvalue weighted by molar-refractivity contribution is 7.15. The van der Waals surface area contributed by atoms with Gasteiger partial charge in [-0.25, -0.2) is 4.98 Å². The fraction of sp³-hybridized carbons (Fsp3) is 0.786. The van der Waals surface area contributed by atoms with Gasteiger partial charge in [0.05, 0.1) is 12.3 Å². The van der Waals surface area contributed by atoms with Crippen LogP contribution in [0.1, 0.15) is 43.7 Å². The normalized spacial score (nSPS) is 12.7. The standard InChI is InChI=1S/C14H27N3OS/c1-6-11(3)13-12(10-15-4)19-14(16-13)17(7-2)8-9-18-5/h11,15H,6-10H2,1-5H3. The molecular weight excluding hydrogens is 258 g/mol. The third-order valence-corrected chi connectivity index (χ3v) is 4.48. The predicted molar refractivity (Wildman–Crippen MR) is 83.3 cm³/mol. The van der Waals surface area contributed by atoms with E-state index < -0.39 is 0 Å². The molecule has 5 heteroatoms. The van der Waals surface area contributed by atoms with Crippen molar-refractivity contribution in [3.63, 3.8) is 0 Å². The summed E-state index contributed by atoms with van der Waals surface area (Å²) in [6.07, 6.45) is 1.13. The maximum Gasteiger partial charge on any atom is 0.185 e. The molecule has 0 spiro atoms. The Hall–Kier alpha value is -0.650. The number of ether oxygens (including phenoxy) is 1. The fourth-order valence-corrected chi connectivity index (χ4v) is 3.22. The lowest BCUT2D eigenvalue weighted by atomic mass is 10.0. The fourth-order valence-electron chi connectivity index (χ4n) is 1.94. The average Bonchev–Trinajstić information content (AvgIpc) is 2.83. The molecule has 0 aliphatic heterocycles. The Morgan fingerprint density at radius 2 is 2.16 bits per heavy atom. The third kappa shape index (κ3) is 4.44. The Balaban J connectivity index is 2.94. The van der Waals surface area contributed by atoms with Crippen molar-refractivity contribution in [3.05, 3.63) is 10.6 Å². The minimum atomic E-state index is 0.523. The van der Waals surface area contributed by atoms with E-state index in [-0.39, 0.29) is 0 Å². The van der Waals surface area contributed by atoms with Gasteiger partial charge >= 0.3 is 0 Å². The van der Waals surface area contributed by atoms with Crippen LogP contribution in [0.4, 0.5) is 5.13 Å². The Kier molecular flexibility index (Phi) is 7.34. The molecule has 1 aromatic rings. The van der Waals surface area contributed by atoms with Gasteiger partial charge in [0.2, 0.25) is 0 Å². The van der Waals surface area contributed by atoms with Crippen LogP contribution in [0.3, 0.4) is 0 Å². The minimum absolute atomic E-state index is 0.523. The molecule has 0 aliphatic rings. The molecule has 0 radical (unpaired) electrons. The second kappa shape index (κ2) is 8.51. The van der Waals surface area contributed by atoms with Crippen molar-refractivity contribution in [2.24, 2.45) is 0 Å². The number of aromatic nitrogens is 1. The molecule has 0 aromatic carbocycles. The second-order valence-electron chi connectivity index (χ2n) is 4.72. The zero-order valence-corrected chi connectivity index (χ0v) is 13.6. The van der Waals surface area contributed by atoms with Crippen LogP contribution in [0, 0.1) is 0 Å². The van der Waals surface area contributed by atoms with Crippen LogP contribution in [0.5, 0.6) is 0 Å². The molecule has 1 aromatic heterocycles. The van der Waals surface area contributed by atoms with Crippen molar-refractivity contribution in [1.29, 1.82) is 0 Å². The Bertz CT molecular complexity index is 368. The van der Waals surface area contributed by atoms with E-state index >= 15 is 0 Å². The molecule has 0 saturated heterocycles. The summed E-state index contributed by atoms with van der Waals surface area (Å²) in [5.74, 6) is 0.523. The van der Waals surface area contributed by atoms with Crippen LogP contribution in [0.25, 0.3) is 0 Å². The van der Waals surface area contributed by atoms with Crippen molar-refractivity contribution < 1.29 is 4.74 Å². The molecule has 1 N–H and O–H groups in total. The summed E-state index contributed by atoms with van der Waals surface area (Å²) in [6.45, 7) is 10.2. The van der Waals surface area contributed by atoms with Crippen LogP contribution in [0.15, 0.2) is 0 Å². The quantitative estimate of drug-likeness (QED) is 0.757. The summed E-state index contributed by atoms with van der Waals surface area (Å²) in [4.78, 5) is 8.53. The van der Waals surface area contributed by atoms with Gasteiger partial charge in [0.15, 0.2) is 5.13 Å². The maximum atomic E-state index is 5.17. The van der Waals surface area contributed by atoms with Crippen molar-refractivity contribution in [3.8, 4) is 0 Å². The van der Waals surface area contributed by atoms with Crippen LogP contribution < -0.4 is 10.2 Å². The van der Waals surface area contributed by atoms with E-state index in [1.54, 1.807) is 7.11 Å². The van der Waals surface area contributed by atoms with E-state index in [1.807, 2.05) is 18.4 Å². The Morgan fingerprint density at radius 3 is 2.68 bits per heavy atom. The average molecular weight is 285 g/mol. The monoisotopic (exact) mass is 285 g/mol. The molecule has 19 heavy (non-hydrogen) atoms. The molecule has 1 unspecified atom stereocenters. The van der Waals surface area contributed by atoms with Gasteiger partial charge in [0.1, 0.15) is 0 Å². The predicted octanol–water partition coefficient (Wildman–Crippen LogP) is 2.85. The number of anilines is 1. The largest absolute Gasteiger partial charge is 0.383 e. The molecule has 110 valence electrons. The van der Waals surface area contributed by atoms with E-state index in [0.717, 1.165) is 37.8 Å². The van der Waals surface area contributed by atoms with Crippen LogP contribution >= 0.6 is 11.3 Å². The maximum absolute atomic E-state index is 5.17. The lowest BCUT2D eigenvalue weighted by Gasteiger charge is -2.19. The molecule has 0 fully saturated rings. The highest BCUT2D eigenvalue weighted by atomic mass is 32.1. The number of methoxy groups -OCH3 is 1. The minimum Gasteiger partial charge on any atom is -0.383 e. The zero-order chi connectivity index (χ0) is 14.3. The van der Waals surface area contributed by atoms with E-state index in [2.05, 4.69) is 31.0 Å². The Morgan fingerprint density at radius 1 is 1.42 bits per heavy atom. The van der Waals surface area contributed by atoms with E-state index in [9.17, 15) is 0 Å². The second-order valence-corrected chi connectivity index (χ2v) is 5.78. The molecule has 0 bridgehead atoms. The SMILES string of the molecule is CCC(C)c1nc(N(CC)CCOC)sc1CNC. The van der Waals surface area contributed by atoms with Gasteiger partial charge in [-0.2, -0.15) is 0 Å². The van der Waals surface area contributed by atoms with E-state index in [0.29, 0.717) is 5.92 Å². The summed E-state index contributed by atoms with van der Waals surface area (Å²) in [6, 6.07) is 0. The van der Waals surface area contributed by atoms with Crippen molar-refractivity contribution >= 4 is 16.5 Å². The topological polar surface area (TPSA) is 37.4 Å². The third-order valence-electron chi connectivity index (χ3n) is 3.35. The highest BCUT2D eigenvalue weighted by Crippen LogP contribution is 2.32. The first-order valence-corrected chi connectivity index (χ1v) is 7.87. The number of nitrogens with zero attached hydrogens (tertiary/aromatic N) is 2. The van der Waals surface area contributed by atoms with Gasteiger partial charge < -0.3 is 15.0 Å². The molecule has 0 saturated carbocycles. The van der Waals surface area contributed by atoms with Gasteiger partial charge in [-0.1, -0.05) is 13.8 Å². The molecule has 1 heterocycles.